The van der Waals surface area contributed by atoms with Crippen molar-refractivity contribution < 1.29 is 9.53 Å². The van der Waals surface area contributed by atoms with E-state index in [1.54, 1.807) is 18.3 Å². The predicted molar refractivity (Wildman–Crippen MR) is 63.9 cm³/mol. The van der Waals surface area contributed by atoms with Crippen molar-refractivity contribution in [2.45, 2.75) is 13.0 Å². The molecule has 2 rings (SSSR count). The molecule has 0 aromatic carbocycles. The highest BCUT2D eigenvalue weighted by atomic mass is 16.5. The second-order valence-electron chi connectivity index (χ2n) is 4.12. The van der Waals surface area contributed by atoms with Crippen LogP contribution in [0, 0.1) is 6.92 Å². The van der Waals surface area contributed by atoms with Crippen molar-refractivity contribution in [1.29, 1.82) is 0 Å². The van der Waals surface area contributed by atoms with Crippen molar-refractivity contribution in [2.24, 2.45) is 0 Å². The molecule has 92 valence electrons. The summed E-state index contributed by atoms with van der Waals surface area (Å²) in [5.41, 5.74) is 1.49. The molecule has 0 bridgehead atoms. The zero-order valence-corrected chi connectivity index (χ0v) is 9.90. The van der Waals surface area contributed by atoms with Gasteiger partial charge in [-0.3, -0.25) is 9.78 Å². The lowest BCUT2D eigenvalue weighted by Gasteiger charge is -2.23. The van der Waals surface area contributed by atoms with Gasteiger partial charge in [-0.2, -0.15) is 0 Å². The first kappa shape index (κ1) is 12.0. The molecular weight excluding hydrogens is 218 g/mol. The SMILES string of the molecule is Cc1cc(C(=O)NCC2COCCN2)ccn1. The highest BCUT2D eigenvalue weighted by molar-refractivity contribution is 5.94. The number of carbonyl (C=O) groups is 1. The largest absolute Gasteiger partial charge is 0.378 e. The Hall–Kier alpha value is -1.46. The monoisotopic (exact) mass is 235 g/mol. The van der Waals surface area contributed by atoms with E-state index in [-0.39, 0.29) is 11.9 Å². The van der Waals surface area contributed by atoms with Gasteiger partial charge in [-0.15, -0.1) is 0 Å². The van der Waals surface area contributed by atoms with Crippen molar-refractivity contribution in [3.63, 3.8) is 0 Å². The summed E-state index contributed by atoms with van der Waals surface area (Å²) >= 11 is 0. The number of amides is 1. The number of aromatic nitrogens is 1. The lowest BCUT2D eigenvalue weighted by Crippen LogP contribution is -2.48. The Bertz CT molecular complexity index is 389. The molecule has 17 heavy (non-hydrogen) atoms. The van der Waals surface area contributed by atoms with E-state index in [2.05, 4.69) is 15.6 Å². The first-order valence-corrected chi connectivity index (χ1v) is 5.77. The number of nitrogens with zero attached hydrogens (tertiary/aromatic N) is 1. The van der Waals surface area contributed by atoms with E-state index in [4.69, 9.17) is 4.74 Å². The van der Waals surface area contributed by atoms with E-state index < -0.39 is 0 Å². The van der Waals surface area contributed by atoms with Gasteiger partial charge in [0, 0.05) is 36.6 Å². The molecule has 5 nitrogen and oxygen atoms in total. The standard InChI is InChI=1S/C12H17N3O2/c1-9-6-10(2-3-13-9)12(16)15-7-11-8-17-5-4-14-11/h2-3,6,11,14H,4-5,7-8H2,1H3,(H,15,16). The van der Waals surface area contributed by atoms with Gasteiger partial charge in [0.2, 0.25) is 0 Å². The van der Waals surface area contributed by atoms with Crippen molar-refractivity contribution >= 4 is 5.91 Å². The van der Waals surface area contributed by atoms with Gasteiger partial charge in [0.1, 0.15) is 0 Å². The molecule has 2 N–H and O–H groups in total. The fourth-order valence-corrected chi connectivity index (χ4v) is 1.76. The van der Waals surface area contributed by atoms with Crippen LogP contribution in [0.25, 0.3) is 0 Å². The van der Waals surface area contributed by atoms with E-state index in [9.17, 15) is 4.79 Å². The summed E-state index contributed by atoms with van der Waals surface area (Å²) < 4.78 is 5.32. The minimum absolute atomic E-state index is 0.0668. The first-order valence-electron chi connectivity index (χ1n) is 5.77. The number of carbonyl (C=O) groups excluding carboxylic acids is 1. The third-order valence-corrected chi connectivity index (χ3v) is 2.67. The summed E-state index contributed by atoms with van der Waals surface area (Å²) in [6.45, 7) is 4.69. The summed E-state index contributed by atoms with van der Waals surface area (Å²) in [6, 6.07) is 3.70. The Morgan fingerprint density at radius 2 is 2.59 bits per heavy atom. The third-order valence-electron chi connectivity index (χ3n) is 2.67. The van der Waals surface area contributed by atoms with Crippen molar-refractivity contribution in [2.75, 3.05) is 26.3 Å². The van der Waals surface area contributed by atoms with Gasteiger partial charge in [-0.25, -0.2) is 0 Å². The maximum atomic E-state index is 11.8. The molecule has 1 aromatic heterocycles. The van der Waals surface area contributed by atoms with Crippen LogP contribution < -0.4 is 10.6 Å². The highest BCUT2D eigenvalue weighted by Crippen LogP contribution is 2.00. The molecule has 1 saturated heterocycles. The molecule has 0 radical (unpaired) electrons. The lowest BCUT2D eigenvalue weighted by atomic mass is 10.2. The molecule has 1 unspecified atom stereocenters. The molecule has 1 aliphatic rings. The zero-order chi connectivity index (χ0) is 12.1. The van der Waals surface area contributed by atoms with Crippen LogP contribution in [0.5, 0.6) is 0 Å². The van der Waals surface area contributed by atoms with Gasteiger partial charge in [0.05, 0.1) is 13.2 Å². The van der Waals surface area contributed by atoms with Crippen LogP contribution >= 0.6 is 0 Å². The molecule has 1 fully saturated rings. The smallest absolute Gasteiger partial charge is 0.251 e. The normalized spacial score (nSPS) is 19.9. The van der Waals surface area contributed by atoms with Crippen LogP contribution in [-0.2, 0) is 4.74 Å². The number of nitrogens with one attached hydrogen (secondary N) is 2. The van der Waals surface area contributed by atoms with Crippen LogP contribution in [0.15, 0.2) is 18.3 Å². The van der Waals surface area contributed by atoms with Gasteiger partial charge in [-0.05, 0) is 19.1 Å². The van der Waals surface area contributed by atoms with Crippen LogP contribution in [0.4, 0.5) is 0 Å². The van der Waals surface area contributed by atoms with Crippen molar-refractivity contribution in [1.82, 2.24) is 15.6 Å². The van der Waals surface area contributed by atoms with E-state index in [1.807, 2.05) is 6.92 Å². The predicted octanol–water partition coefficient (Wildman–Crippen LogP) is 0.108. The second kappa shape index (κ2) is 5.75. The molecule has 0 saturated carbocycles. The molecule has 1 atom stereocenters. The van der Waals surface area contributed by atoms with Gasteiger partial charge >= 0.3 is 0 Å². The number of ether oxygens (including phenoxy) is 1. The quantitative estimate of drug-likeness (QED) is 0.780. The van der Waals surface area contributed by atoms with Crippen molar-refractivity contribution in [3.8, 4) is 0 Å². The van der Waals surface area contributed by atoms with Crippen LogP contribution in [0.3, 0.4) is 0 Å². The molecular formula is C12H17N3O2. The lowest BCUT2D eigenvalue weighted by molar-refractivity contribution is 0.0734. The summed E-state index contributed by atoms with van der Waals surface area (Å²) in [5.74, 6) is -0.0668. The Kier molecular flexibility index (Phi) is 4.06. The number of hydrogen-bond acceptors (Lipinski definition) is 4. The second-order valence-corrected chi connectivity index (χ2v) is 4.12. The topological polar surface area (TPSA) is 63.2 Å². The van der Waals surface area contributed by atoms with Gasteiger partial charge < -0.3 is 15.4 Å². The van der Waals surface area contributed by atoms with Crippen molar-refractivity contribution in [3.05, 3.63) is 29.6 Å². The van der Waals surface area contributed by atoms with Crippen LogP contribution in [0.1, 0.15) is 16.1 Å². The number of rotatable bonds is 3. The van der Waals surface area contributed by atoms with Crippen LogP contribution in [-0.4, -0.2) is 43.2 Å². The minimum Gasteiger partial charge on any atom is -0.378 e. The Balaban J connectivity index is 1.84. The third kappa shape index (κ3) is 3.51. The van der Waals surface area contributed by atoms with Gasteiger partial charge in [-0.1, -0.05) is 0 Å². The first-order chi connectivity index (χ1) is 8.25. The summed E-state index contributed by atoms with van der Waals surface area (Å²) in [4.78, 5) is 15.9. The molecule has 2 heterocycles. The summed E-state index contributed by atoms with van der Waals surface area (Å²) in [7, 11) is 0. The molecule has 1 aliphatic heterocycles. The minimum atomic E-state index is -0.0668. The Labute approximate surface area is 101 Å². The van der Waals surface area contributed by atoms with E-state index >= 15 is 0 Å². The fraction of sp³-hybridized carbons (Fsp3) is 0.500. The molecule has 0 spiro atoms. The highest BCUT2D eigenvalue weighted by Gasteiger charge is 2.14. The van der Waals surface area contributed by atoms with Gasteiger partial charge in [0.15, 0.2) is 0 Å². The average Bonchev–Trinajstić information content (AvgIpc) is 2.37. The molecule has 5 heteroatoms. The Morgan fingerprint density at radius 1 is 1.71 bits per heavy atom. The zero-order valence-electron chi connectivity index (χ0n) is 9.90. The van der Waals surface area contributed by atoms with Gasteiger partial charge in [0.25, 0.3) is 5.91 Å². The molecule has 1 aromatic rings. The van der Waals surface area contributed by atoms with E-state index in [1.165, 1.54) is 0 Å². The number of morpholine rings is 1. The average molecular weight is 235 g/mol. The number of pyridine rings is 1. The summed E-state index contributed by atoms with van der Waals surface area (Å²) in [6.07, 6.45) is 1.65. The number of aryl methyl sites for hydroxylation is 1. The Morgan fingerprint density at radius 3 is 3.29 bits per heavy atom. The maximum absolute atomic E-state index is 11.8. The fourth-order valence-electron chi connectivity index (χ4n) is 1.76. The summed E-state index contributed by atoms with van der Waals surface area (Å²) in [5, 5.41) is 6.17. The maximum Gasteiger partial charge on any atom is 0.251 e. The van der Waals surface area contributed by atoms with E-state index in [0.717, 1.165) is 18.8 Å². The molecule has 0 aliphatic carbocycles. The van der Waals surface area contributed by atoms with E-state index in [0.29, 0.717) is 18.7 Å². The molecule has 1 amide bonds. The van der Waals surface area contributed by atoms with Crippen LogP contribution in [0.2, 0.25) is 0 Å². The number of hydrogen-bond donors (Lipinski definition) is 2.